The van der Waals surface area contributed by atoms with Crippen molar-refractivity contribution in [2.24, 2.45) is 0 Å². The van der Waals surface area contributed by atoms with Crippen LogP contribution in [0.4, 0.5) is 0 Å². The maximum atomic E-state index is 11.9. The summed E-state index contributed by atoms with van der Waals surface area (Å²) in [7, 11) is 0. The highest BCUT2D eigenvalue weighted by Crippen LogP contribution is 2.15. The van der Waals surface area contributed by atoms with E-state index in [0.717, 1.165) is 19.4 Å². The zero-order valence-electron chi connectivity index (χ0n) is 13.6. The molecule has 0 unspecified atom stereocenters. The van der Waals surface area contributed by atoms with Crippen LogP contribution < -0.4 is 10.9 Å². The van der Waals surface area contributed by atoms with Gasteiger partial charge in [0.15, 0.2) is 0 Å². The second-order valence-electron chi connectivity index (χ2n) is 5.93. The maximum Gasteiger partial charge on any atom is 0.258 e. The van der Waals surface area contributed by atoms with Crippen molar-refractivity contribution in [3.05, 3.63) is 40.4 Å². The van der Waals surface area contributed by atoms with Gasteiger partial charge in [-0.1, -0.05) is 12.1 Å². The number of rotatable bonds is 6. The third kappa shape index (κ3) is 3.98. The Hall–Kier alpha value is -2.25. The highest BCUT2D eigenvalue weighted by molar-refractivity contribution is 5.78. The highest BCUT2D eigenvalue weighted by atomic mass is 16.5. The van der Waals surface area contributed by atoms with Gasteiger partial charge in [-0.3, -0.25) is 9.59 Å². The summed E-state index contributed by atoms with van der Waals surface area (Å²) in [6, 6.07) is 7.05. The number of para-hydroxylation sites is 1. The van der Waals surface area contributed by atoms with E-state index in [-0.39, 0.29) is 36.8 Å². The molecule has 0 bridgehead atoms. The molecular formula is C17H21N3O4. The van der Waals surface area contributed by atoms with Gasteiger partial charge < -0.3 is 19.8 Å². The number of nitrogens with zero attached hydrogens (tertiary/aromatic N) is 1. The summed E-state index contributed by atoms with van der Waals surface area (Å²) in [5.74, 6) is 0.194. The number of hydrogen-bond acceptors (Lipinski definition) is 5. The van der Waals surface area contributed by atoms with Crippen molar-refractivity contribution in [1.82, 2.24) is 15.3 Å². The van der Waals surface area contributed by atoms with Crippen molar-refractivity contribution in [1.29, 1.82) is 0 Å². The number of amides is 1. The minimum Gasteiger partial charge on any atom is -0.376 e. The van der Waals surface area contributed by atoms with Crippen molar-refractivity contribution >= 4 is 16.8 Å². The first-order valence-corrected chi connectivity index (χ1v) is 8.10. The summed E-state index contributed by atoms with van der Waals surface area (Å²) in [6.45, 7) is 2.66. The van der Waals surface area contributed by atoms with Crippen molar-refractivity contribution in [3.8, 4) is 0 Å². The van der Waals surface area contributed by atoms with Gasteiger partial charge in [0.05, 0.1) is 23.0 Å². The summed E-state index contributed by atoms with van der Waals surface area (Å²) in [5, 5.41) is 3.40. The van der Waals surface area contributed by atoms with Crippen LogP contribution in [0.15, 0.2) is 29.1 Å². The van der Waals surface area contributed by atoms with Crippen LogP contribution in [0.5, 0.6) is 0 Å². The van der Waals surface area contributed by atoms with Gasteiger partial charge >= 0.3 is 0 Å². The molecule has 0 saturated carbocycles. The van der Waals surface area contributed by atoms with Gasteiger partial charge in [0.25, 0.3) is 5.56 Å². The minimum absolute atomic E-state index is 0.0396. The van der Waals surface area contributed by atoms with E-state index >= 15 is 0 Å². The first-order chi connectivity index (χ1) is 11.6. The van der Waals surface area contributed by atoms with Gasteiger partial charge in [-0.15, -0.1) is 0 Å². The Kier molecular flexibility index (Phi) is 5.22. The molecule has 1 aromatic carbocycles. The summed E-state index contributed by atoms with van der Waals surface area (Å²) < 4.78 is 10.9. The average molecular weight is 331 g/mol. The molecule has 0 aliphatic carbocycles. The Morgan fingerprint density at radius 1 is 1.50 bits per heavy atom. The standard InChI is InChI=1S/C17H21N3O4/c1-11(14-7-4-8-24-14)18-16(21)10-23-9-15-19-13-6-3-2-5-12(13)17(22)20-15/h2-3,5-6,11,14H,4,7-10H2,1H3,(H,18,21)(H,19,20,22)/t11-,14+/m0/s1. The quantitative estimate of drug-likeness (QED) is 0.827. The number of benzene rings is 1. The zero-order chi connectivity index (χ0) is 16.9. The fourth-order valence-electron chi connectivity index (χ4n) is 2.83. The Morgan fingerprint density at radius 3 is 3.12 bits per heavy atom. The van der Waals surface area contributed by atoms with Crippen LogP contribution in [0.1, 0.15) is 25.6 Å². The lowest BCUT2D eigenvalue weighted by atomic mass is 10.1. The van der Waals surface area contributed by atoms with Gasteiger partial charge in [-0.25, -0.2) is 4.98 Å². The van der Waals surface area contributed by atoms with E-state index in [0.29, 0.717) is 16.7 Å². The molecule has 1 fully saturated rings. The summed E-state index contributed by atoms with van der Waals surface area (Å²) in [6.07, 6.45) is 2.07. The van der Waals surface area contributed by atoms with Gasteiger partial charge in [-0.05, 0) is 31.9 Å². The summed E-state index contributed by atoms with van der Waals surface area (Å²) in [5.41, 5.74) is 0.395. The fraction of sp³-hybridized carbons (Fsp3) is 0.471. The highest BCUT2D eigenvalue weighted by Gasteiger charge is 2.23. The molecule has 1 aromatic heterocycles. The van der Waals surface area contributed by atoms with E-state index in [4.69, 9.17) is 9.47 Å². The van der Waals surface area contributed by atoms with E-state index in [1.54, 1.807) is 18.2 Å². The molecule has 1 saturated heterocycles. The Morgan fingerprint density at radius 2 is 2.33 bits per heavy atom. The first kappa shape index (κ1) is 16.6. The van der Waals surface area contributed by atoms with Gasteiger partial charge in [0, 0.05) is 6.61 Å². The largest absolute Gasteiger partial charge is 0.376 e. The third-order valence-corrected chi connectivity index (χ3v) is 4.05. The van der Waals surface area contributed by atoms with E-state index in [1.807, 2.05) is 13.0 Å². The molecule has 7 nitrogen and oxygen atoms in total. The summed E-state index contributed by atoms with van der Waals surface area (Å²) >= 11 is 0. The Balaban J connectivity index is 1.51. The van der Waals surface area contributed by atoms with Crippen LogP contribution in [0.3, 0.4) is 0 Å². The average Bonchev–Trinajstić information content (AvgIpc) is 3.09. The van der Waals surface area contributed by atoms with Gasteiger partial charge in [0.1, 0.15) is 19.0 Å². The van der Waals surface area contributed by atoms with E-state index in [1.165, 1.54) is 0 Å². The molecule has 2 atom stereocenters. The number of H-pyrrole nitrogens is 1. The number of carbonyl (C=O) groups excluding carboxylic acids is 1. The molecule has 24 heavy (non-hydrogen) atoms. The smallest absolute Gasteiger partial charge is 0.258 e. The molecule has 7 heteroatoms. The molecule has 1 aliphatic rings. The molecule has 128 valence electrons. The molecule has 1 aliphatic heterocycles. The van der Waals surface area contributed by atoms with E-state index < -0.39 is 0 Å². The molecule has 2 aromatic rings. The van der Waals surface area contributed by atoms with Crippen LogP contribution in [0.2, 0.25) is 0 Å². The van der Waals surface area contributed by atoms with Crippen LogP contribution in [0, 0.1) is 0 Å². The second-order valence-corrected chi connectivity index (χ2v) is 5.93. The number of nitrogens with one attached hydrogen (secondary N) is 2. The van der Waals surface area contributed by atoms with Crippen molar-refractivity contribution in [2.75, 3.05) is 13.2 Å². The lowest BCUT2D eigenvalue weighted by Crippen LogP contribution is -2.42. The SMILES string of the molecule is C[C@H](NC(=O)COCc1nc2ccccc2c(=O)[nH]1)[C@H]1CCCO1. The number of aromatic amines is 1. The number of ether oxygens (including phenoxy) is 2. The number of fused-ring (bicyclic) bond motifs is 1. The topological polar surface area (TPSA) is 93.3 Å². The van der Waals surface area contributed by atoms with Crippen molar-refractivity contribution < 1.29 is 14.3 Å². The first-order valence-electron chi connectivity index (χ1n) is 8.10. The van der Waals surface area contributed by atoms with Crippen LogP contribution in [-0.4, -0.2) is 41.2 Å². The van der Waals surface area contributed by atoms with Gasteiger partial charge in [-0.2, -0.15) is 0 Å². The number of carbonyl (C=O) groups is 1. The van der Waals surface area contributed by atoms with Gasteiger partial charge in [0.2, 0.25) is 5.91 Å². The van der Waals surface area contributed by atoms with E-state index in [9.17, 15) is 9.59 Å². The zero-order valence-corrected chi connectivity index (χ0v) is 13.6. The van der Waals surface area contributed by atoms with Crippen molar-refractivity contribution in [2.45, 2.75) is 38.5 Å². The Labute approximate surface area is 139 Å². The fourth-order valence-corrected chi connectivity index (χ4v) is 2.83. The molecule has 0 radical (unpaired) electrons. The molecule has 2 heterocycles. The normalized spacial score (nSPS) is 18.6. The lowest BCUT2D eigenvalue weighted by Gasteiger charge is -2.19. The molecule has 0 spiro atoms. The predicted octanol–water partition coefficient (Wildman–Crippen LogP) is 1.12. The molecule has 1 amide bonds. The second kappa shape index (κ2) is 7.55. The number of hydrogen-bond donors (Lipinski definition) is 2. The minimum atomic E-state index is -0.212. The maximum absolute atomic E-state index is 11.9. The van der Waals surface area contributed by atoms with Crippen LogP contribution >= 0.6 is 0 Å². The predicted molar refractivity (Wildman–Crippen MR) is 88.6 cm³/mol. The van der Waals surface area contributed by atoms with E-state index in [2.05, 4.69) is 15.3 Å². The van der Waals surface area contributed by atoms with Crippen molar-refractivity contribution in [3.63, 3.8) is 0 Å². The third-order valence-electron chi connectivity index (χ3n) is 4.05. The Bertz CT molecular complexity index is 768. The lowest BCUT2D eigenvalue weighted by molar-refractivity contribution is -0.127. The number of aromatic nitrogens is 2. The van der Waals surface area contributed by atoms with Crippen LogP contribution in [-0.2, 0) is 20.9 Å². The summed E-state index contributed by atoms with van der Waals surface area (Å²) in [4.78, 5) is 30.8. The molecular weight excluding hydrogens is 310 g/mol. The monoisotopic (exact) mass is 331 g/mol. The van der Waals surface area contributed by atoms with Crippen LogP contribution in [0.25, 0.3) is 10.9 Å². The molecule has 3 rings (SSSR count). The molecule has 2 N–H and O–H groups in total.